The maximum atomic E-state index is 12.0. The molecule has 0 bridgehead atoms. The Kier molecular flexibility index (Phi) is 7.58. The van der Waals surface area contributed by atoms with Gasteiger partial charge in [0.05, 0.1) is 5.75 Å². The summed E-state index contributed by atoms with van der Waals surface area (Å²) in [6, 6.07) is 7.66. The number of benzene rings is 1. The first kappa shape index (κ1) is 17.5. The number of sulfonamides is 1. The summed E-state index contributed by atoms with van der Waals surface area (Å²) in [4.78, 5) is 0. The van der Waals surface area contributed by atoms with Crippen molar-refractivity contribution in [2.75, 3.05) is 25.6 Å². The van der Waals surface area contributed by atoms with E-state index in [1.54, 1.807) is 11.8 Å². The van der Waals surface area contributed by atoms with Crippen LogP contribution < -0.4 is 10.0 Å². The van der Waals surface area contributed by atoms with Crippen LogP contribution in [0, 0.1) is 5.92 Å². The SMILES string of the molecule is CNCc1ccc(CS(=O)(=O)NCC(C)CSC)cc1. The van der Waals surface area contributed by atoms with Gasteiger partial charge in [0.1, 0.15) is 0 Å². The lowest BCUT2D eigenvalue weighted by Crippen LogP contribution is -2.30. The average Bonchev–Trinajstić information content (AvgIpc) is 2.39. The zero-order valence-electron chi connectivity index (χ0n) is 12.3. The fraction of sp³-hybridized carbons (Fsp3) is 0.571. The lowest BCUT2D eigenvalue weighted by molar-refractivity contribution is 0.562. The number of rotatable bonds is 9. The number of nitrogens with one attached hydrogen (secondary N) is 2. The van der Waals surface area contributed by atoms with E-state index in [1.165, 1.54) is 0 Å². The molecule has 0 aliphatic rings. The highest BCUT2D eigenvalue weighted by molar-refractivity contribution is 7.98. The van der Waals surface area contributed by atoms with Gasteiger partial charge in [-0.25, -0.2) is 13.1 Å². The summed E-state index contributed by atoms with van der Waals surface area (Å²) in [7, 11) is -1.36. The molecule has 1 rings (SSSR count). The first-order valence-corrected chi connectivity index (χ1v) is 9.70. The molecular formula is C14H24N2O2S2. The van der Waals surface area contributed by atoms with Gasteiger partial charge in [-0.15, -0.1) is 0 Å². The van der Waals surface area contributed by atoms with Gasteiger partial charge >= 0.3 is 0 Å². The molecule has 0 spiro atoms. The van der Waals surface area contributed by atoms with E-state index < -0.39 is 10.0 Å². The van der Waals surface area contributed by atoms with Crippen molar-refractivity contribution in [1.82, 2.24) is 10.0 Å². The minimum atomic E-state index is -3.25. The second-order valence-corrected chi connectivity index (χ2v) is 7.73. The second-order valence-electron chi connectivity index (χ2n) is 5.01. The Hall–Kier alpha value is -0.560. The van der Waals surface area contributed by atoms with Crippen molar-refractivity contribution in [2.24, 2.45) is 5.92 Å². The summed E-state index contributed by atoms with van der Waals surface area (Å²) < 4.78 is 26.7. The van der Waals surface area contributed by atoms with Crippen LogP contribution in [0.5, 0.6) is 0 Å². The van der Waals surface area contributed by atoms with Crippen LogP contribution in [0.25, 0.3) is 0 Å². The van der Waals surface area contributed by atoms with Crippen LogP contribution in [0.3, 0.4) is 0 Å². The molecule has 1 unspecified atom stereocenters. The molecule has 1 aromatic rings. The monoisotopic (exact) mass is 316 g/mol. The molecule has 114 valence electrons. The highest BCUT2D eigenvalue weighted by Gasteiger charge is 2.13. The largest absolute Gasteiger partial charge is 0.316 e. The molecule has 0 aliphatic heterocycles. The van der Waals surface area contributed by atoms with Crippen molar-refractivity contribution >= 4 is 21.8 Å². The lowest BCUT2D eigenvalue weighted by Gasteiger charge is -2.12. The molecular weight excluding hydrogens is 292 g/mol. The van der Waals surface area contributed by atoms with Gasteiger partial charge in [0.15, 0.2) is 0 Å². The number of hydrogen-bond donors (Lipinski definition) is 2. The normalized spacial score (nSPS) is 13.3. The maximum absolute atomic E-state index is 12.0. The van der Waals surface area contributed by atoms with E-state index in [-0.39, 0.29) is 5.75 Å². The van der Waals surface area contributed by atoms with Crippen molar-refractivity contribution in [1.29, 1.82) is 0 Å². The maximum Gasteiger partial charge on any atom is 0.215 e. The van der Waals surface area contributed by atoms with Gasteiger partial charge in [0.2, 0.25) is 10.0 Å². The first-order chi connectivity index (χ1) is 9.46. The van der Waals surface area contributed by atoms with E-state index in [0.717, 1.165) is 23.4 Å². The highest BCUT2D eigenvalue weighted by Crippen LogP contribution is 2.09. The summed E-state index contributed by atoms with van der Waals surface area (Å²) in [6.45, 7) is 3.34. The molecule has 20 heavy (non-hydrogen) atoms. The topological polar surface area (TPSA) is 58.2 Å². The fourth-order valence-corrected chi connectivity index (χ4v) is 3.80. The Morgan fingerprint density at radius 3 is 2.35 bits per heavy atom. The van der Waals surface area contributed by atoms with Gasteiger partial charge in [-0.1, -0.05) is 31.2 Å². The van der Waals surface area contributed by atoms with Crippen LogP contribution in [0.1, 0.15) is 18.1 Å². The summed E-state index contributed by atoms with van der Waals surface area (Å²) in [5, 5.41) is 3.06. The number of thioether (sulfide) groups is 1. The smallest absolute Gasteiger partial charge is 0.215 e. The van der Waals surface area contributed by atoms with Crippen molar-refractivity contribution < 1.29 is 8.42 Å². The van der Waals surface area contributed by atoms with Gasteiger partial charge in [-0.3, -0.25) is 0 Å². The fourth-order valence-electron chi connectivity index (χ4n) is 1.84. The molecule has 0 saturated carbocycles. The average molecular weight is 316 g/mol. The van der Waals surface area contributed by atoms with Crippen LogP contribution >= 0.6 is 11.8 Å². The van der Waals surface area contributed by atoms with Gasteiger partial charge < -0.3 is 5.32 Å². The van der Waals surface area contributed by atoms with Crippen LogP contribution in [0.4, 0.5) is 0 Å². The van der Waals surface area contributed by atoms with Gasteiger partial charge in [-0.05, 0) is 36.1 Å². The minimum Gasteiger partial charge on any atom is -0.316 e. The molecule has 0 aromatic heterocycles. The Morgan fingerprint density at radius 1 is 1.20 bits per heavy atom. The van der Waals surface area contributed by atoms with Crippen molar-refractivity contribution in [2.45, 2.75) is 19.2 Å². The molecule has 0 aliphatic carbocycles. The minimum absolute atomic E-state index is 0.0405. The predicted molar refractivity (Wildman–Crippen MR) is 87.4 cm³/mol. The third kappa shape index (κ3) is 6.74. The van der Waals surface area contributed by atoms with E-state index >= 15 is 0 Å². The third-order valence-electron chi connectivity index (χ3n) is 2.86. The highest BCUT2D eigenvalue weighted by atomic mass is 32.2. The van der Waals surface area contributed by atoms with Gasteiger partial charge in [0.25, 0.3) is 0 Å². The Morgan fingerprint density at radius 2 is 1.80 bits per heavy atom. The Bertz CT molecular complexity index is 486. The summed E-state index contributed by atoms with van der Waals surface area (Å²) >= 11 is 1.73. The summed E-state index contributed by atoms with van der Waals surface area (Å²) in [5.74, 6) is 1.35. The van der Waals surface area contributed by atoms with Gasteiger partial charge in [0, 0.05) is 13.1 Å². The Labute approximate surface area is 126 Å². The van der Waals surface area contributed by atoms with E-state index in [2.05, 4.69) is 10.0 Å². The van der Waals surface area contributed by atoms with Crippen molar-refractivity contribution in [3.63, 3.8) is 0 Å². The van der Waals surface area contributed by atoms with E-state index in [1.807, 2.05) is 44.5 Å². The number of hydrogen-bond acceptors (Lipinski definition) is 4. The molecule has 0 saturated heterocycles. The van der Waals surface area contributed by atoms with Crippen LogP contribution in [-0.4, -0.2) is 34.0 Å². The van der Waals surface area contributed by atoms with E-state index in [0.29, 0.717) is 12.5 Å². The predicted octanol–water partition coefficient (Wildman–Crippen LogP) is 1.82. The lowest BCUT2D eigenvalue weighted by atomic mass is 10.1. The van der Waals surface area contributed by atoms with Crippen LogP contribution in [0.15, 0.2) is 24.3 Å². The molecule has 0 fully saturated rings. The second kappa shape index (κ2) is 8.67. The molecule has 0 heterocycles. The standard InChI is InChI=1S/C14H24N2O2S2/c1-12(10-19-3)8-16-20(17,18)11-14-6-4-13(5-7-14)9-15-2/h4-7,12,15-16H,8-11H2,1-3H3. The summed E-state index contributed by atoms with van der Waals surface area (Å²) in [6.07, 6.45) is 2.03. The molecule has 1 aromatic carbocycles. The van der Waals surface area contributed by atoms with Crippen molar-refractivity contribution in [3.8, 4) is 0 Å². The van der Waals surface area contributed by atoms with E-state index in [9.17, 15) is 8.42 Å². The Balaban J connectivity index is 2.53. The van der Waals surface area contributed by atoms with E-state index in [4.69, 9.17) is 0 Å². The zero-order chi connectivity index (χ0) is 15.0. The molecule has 0 amide bonds. The third-order valence-corrected chi connectivity index (χ3v) is 5.09. The van der Waals surface area contributed by atoms with Crippen LogP contribution in [-0.2, 0) is 22.3 Å². The van der Waals surface area contributed by atoms with Crippen LogP contribution in [0.2, 0.25) is 0 Å². The molecule has 1 atom stereocenters. The zero-order valence-corrected chi connectivity index (χ0v) is 14.0. The quantitative estimate of drug-likeness (QED) is 0.730. The molecule has 2 N–H and O–H groups in total. The van der Waals surface area contributed by atoms with Gasteiger partial charge in [-0.2, -0.15) is 11.8 Å². The summed E-state index contributed by atoms with van der Waals surface area (Å²) in [5.41, 5.74) is 1.96. The first-order valence-electron chi connectivity index (χ1n) is 6.65. The molecule has 6 heteroatoms. The molecule has 0 radical (unpaired) electrons. The van der Waals surface area contributed by atoms with Crippen molar-refractivity contribution in [3.05, 3.63) is 35.4 Å². The molecule has 4 nitrogen and oxygen atoms in total.